The van der Waals surface area contributed by atoms with E-state index in [1.54, 1.807) is 12.1 Å². The van der Waals surface area contributed by atoms with Crippen LogP contribution >= 0.6 is 31.9 Å². The van der Waals surface area contributed by atoms with E-state index in [-0.39, 0.29) is 5.78 Å². The van der Waals surface area contributed by atoms with Gasteiger partial charge in [-0.25, -0.2) is 0 Å². The summed E-state index contributed by atoms with van der Waals surface area (Å²) in [6.45, 7) is 2.34. The monoisotopic (exact) mass is 498 g/mol. The molecule has 1 aliphatic rings. The molecule has 0 N–H and O–H groups in total. The van der Waals surface area contributed by atoms with Crippen LogP contribution < -0.4 is 9.47 Å². The number of fused-ring (bicyclic) bond motifs is 1. The molecule has 0 saturated carbocycles. The number of hydrogen-bond donors (Lipinski definition) is 0. The van der Waals surface area contributed by atoms with Gasteiger partial charge in [-0.3, -0.25) is 4.79 Å². The summed E-state index contributed by atoms with van der Waals surface area (Å²) < 4.78 is 13.8. The van der Waals surface area contributed by atoms with Crippen molar-refractivity contribution >= 4 is 43.7 Å². The molecule has 0 radical (unpaired) electrons. The maximum absolute atomic E-state index is 12.8. The largest absolute Gasteiger partial charge is 0.489 e. The van der Waals surface area contributed by atoms with E-state index in [2.05, 4.69) is 31.9 Å². The van der Waals surface area contributed by atoms with Crippen LogP contribution in [0.3, 0.4) is 0 Å². The minimum Gasteiger partial charge on any atom is -0.489 e. The Labute approximate surface area is 180 Å². The second kappa shape index (κ2) is 7.94. The normalized spacial score (nSPS) is 14.1. The summed E-state index contributed by atoms with van der Waals surface area (Å²) in [4.78, 5) is 12.8. The highest BCUT2D eigenvalue weighted by atomic mass is 79.9. The predicted octanol–water partition coefficient (Wildman–Crippen LogP) is 6.72. The van der Waals surface area contributed by atoms with Gasteiger partial charge in [-0.1, -0.05) is 56.1 Å². The molecular formula is C23H16Br2O3. The Morgan fingerprint density at radius 3 is 2.54 bits per heavy atom. The molecule has 4 rings (SSSR count). The Hall–Kier alpha value is -2.37. The minimum absolute atomic E-state index is 0.105. The summed E-state index contributed by atoms with van der Waals surface area (Å²) in [5.74, 6) is 1.43. The fourth-order valence-electron chi connectivity index (χ4n) is 3.06. The van der Waals surface area contributed by atoms with Crippen LogP contribution in [0, 0.1) is 6.92 Å². The molecule has 1 aliphatic heterocycles. The van der Waals surface area contributed by atoms with Crippen LogP contribution in [0.15, 0.2) is 75.4 Å². The third-order valence-corrected chi connectivity index (χ3v) is 5.43. The summed E-state index contributed by atoms with van der Waals surface area (Å²) >= 11 is 6.87. The summed E-state index contributed by atoms with van der Waals surface area (Å²) in [6.07, 6.45) is 1.76. The number of ether oxygens (including phenoxy) is 2. The molecule has 28 heavy (non-hydrogen) atoms. The zero-order chi connectivity index (χ0) is 19.7. The van der Waals surface area contributed by atoms with E-state index in [4.69, 9.17) is 9.47 Å². The van der Waals surface area contributed by atoms with Crippen molar-refractivity contribution in [3.8, 4) is 11.5 Å². The average molecular weight is 500 g/mol. The average Bonchev–Trinajstić information content (AvgIpc) is 2.97. The molecule has 0 saturated heterocycles. The van der Waals surface area contributed by atoms with Crippen LogP contribution in [0.25, 0.3) is 6.08 Å². The SMILES string of the molecule is Cc1cc(OCc2ccc(Br)cc2)cc2c1C(=O)/C(=C/c1cccc(Br)c1)O2. The van der Waals surface area contributed by atoms with Crippen molar-refractivity contribution < 1.29 is 14.3 Å². The molecule has 5 heteroatoms. The molecular weight excluding hydrogens is 484 g/mol. The Balaban J connectivity index is 1.56. The van der Waals surface area contributed by atoms with Gasteiger partial charge in [0.1, 0.15) is 18.1 Å². The summed E-state index contributed by atoms with van der Waals surface area (Å²) in [5.41, 5.74) is 3.40. The van der Waals surface area contributed by atoms with Crippen molar-refractivity contribution in [3.05, 3.63) is 97.6 Å². The quantitative estimate of drug-likeness (QED) is 0.374. The third kappa shape index (κ3) is 4.05. The summed E-state index contributed by atoms with van der Waals surface area (Å²) in [7, 11) is 0. The van der Waals surface area contributed by atoms with E-state index in [0.29, 0.717) is 29.4 Å². The summed E-state index contributed by atoms with van der Waals surface area (Å²) in [6, 6.07) is 19.3. The zero-order valence-electron chi connectivity index (χ0n) is 15.0. The fourth-order valence-corrected chi connectivity index (χ4v) is 3.74. The summed E-state index contributed by atoms with van der Waals surface area (Å²) in [5, 5.41) is 0. The van der Waals surface area contributed by atoms with Crippen LogP contribution in [-0.2, 0) is 6.61 Å². The van der Waals surface area contributed by atoms with Crippen LogP contribution in [-0.4, -0.2) is 5.78 Å². The molecule has 3 aromatic carbocycles. The van der Waals surface area contributed by atoms with Gasteiger partial charge in [0.2, 0.25) is 5.78 Å². The number of carbonyl (C=O) groups is 1. The highest BCUT2D eigenvalue weighted by molar-refractivity contribution is 9.10. The number of rotatable bonds is 4. The van der Waals surface area contributed by atoms with Crippen LogP contribution in [0.2, 0.25) is 0 Å². The molecule has 0 aliphatic carbocycles. The van der Waals surface area contributed by atoms with Gasteiger partial charge in [0.15, 0.2) is 5.76 Å². The maximum Gasteiger partial charge on any atom is 0.232 e. The van der Waals surface area contributed by atoms with Crippen molar-refractivity contribution in [2.24, 2.45) is 0 Å². The van der Waals surface area contributed by atoms with Crippen LogP contribution in [0.4, 0.5) is 0 Å². The standard InChI is InChI=1S/C23H16Br2O3/c1-14-9-19(27-13-15-5-7-17(24)8-6-15)12-20-22(14)23(26)21(28-20)11-16-3-2-4-18(25)10-16/h2-12H,13H2,1H3/b21-11-. The number of hydrogen-bond acceptors (Lipinski definition) is 3. The van der Waals surface area contributed by atoms with Gasteiger partial charge >= 0.3 is 0 Å². The Bertz CT molecular complexity index is 1090. The topological polar surface area (TPSA) is 35.5 Å². The van der Waals surface area contributed by atoms with Gasteiger partial charge in [-0.05, 0) is 60.0 Å². The first-order valence-electron chi connectivity index (χ1n) is 8.71. The van der Waals surface area contributed by atoms with Crippen molar-refractivity contribution in [1.29, 1.82) is 0 Å². The van der Waals surface area contributed by atoms with E-state index in [1.165, 1.54) is 0 Å². The number of carbonyl (C=O) groups excluding carboxylic acids is 1. The Kier molecular flexibility index (Phi) is 5.38. The first-order valence-corrected chi connectivity index (χ1v) is 10.3. The predicted molar refractivity (Wildman–Crippen MR) is 117 cm³/mol. The van der Waals surface area contributed by atoms with Gasteiger partial charge in [0.25, 0.3) is 0 Å². The smallest absolute Gasteiger partial charge is 0.232 e. The lowest BCUT2D eigenvalue weighted by atomic mass is 10.0. The lowest BCUT2D eigenvalue weighted by molar-refractivity contribution is 0.101. The number of allylic oxidation sites excluding steroid dienone is 1. The zero-order valence-corrected chi connectivity index (χ0v) is 18.2. The number of ketones is 1. The molecule has 0 aromatic heterocycles. The molecule has 3 aromatic rings. The van der Waals surface area contributed by atoms with E-state index < -0.39 is 0 Å². The number of benzene rings is 3. The van der Waals surface area contributed by atoms with Gasteiger partial charge in [-0.2, -0.15) is 0 Å². The fraction of sp³-hybridized carbons (Fsp3) is 0.0870. The highest BCUT2D eigenvalue weighted by Gasteiger charge is 2.30. The molecule has 0 amide bonds. The first kappa shape index (κ1) is 19.0. The van der Waals surface area contributed by atoms with Crippen LogP contribution in [0.5, 0.6) is 11.5 Å². The lowest BCUT2D eigenvalue weighted by Gasteiger charge is -2.09. The minimum atomic E-state index is -0.105. The maximum atomic E-state index is 12.8. The molecule has 140 valence electrons. The first-order chi connectivity index (χ1) is 13.5. The van der Waals surface area contributed by atoms with Crippen molar-refractivity contribution in [2.75, 3.05) is 0 Å². The van der Waals surface area contributed by atoms with Gasteiger partial charge in [-0.15, -0.1) is 0 Å². The molecule has 1 heterocycles. The Morgan fingerprint density at radius 1 is 1.00 bits per heavy atom. The van der Waals surface area contributed by atoms with E-state index >= 15 is 0 Å². The Morgan fingerprint density at radius 2 is 1.79 bits per heavy atom. The number of halogens is 2. The second-order valence-electron chi connectivity index (χ2n) is 6.52. The molecule has 0 unspecified atom stereocenters. The van der Waals surface area contributed by atoms with Crippen LogP contribution in [0.1, 0.15) is 27.0 Å². The van der Waals surface area contributed by atoms with Crippen molar-refractivity contribution in [1.82, 2.24) is 0 Å². The van der Waals surface area contributed by atoms with E-state index in [0.717, 1.165) is 25.6 Å². The van der Waals surface area contributed by atoms with E-state index in [9.17, 15) is 4.79 Å². The van der Waals surface area contributed by atoms with Crippen molar-refractivity contribution in [3.63, 3.8) is 0 Å². The molecule has 0 fully saturated rings. The number of aryl methyl sites for hydroxylation is 1. The highest BCUT2D eigenvalue weighted by Crippen LogP contribution is 2.37. The van der Waals surface area contributed by atoms with Gasteiger partial charge in [0.05, 0.1) is 5.56 Å². The third-order valence-electron chi connectivity index (χ3n) is 4.41. The molecule has 0 bridgehead atoms. The molecule has 0 spiro atoms. The molecule has 3 nitrogen and oxygen atoms in total. The van der Waals surface area contributed by atoms with Gasteiger partial charge in [0, 0.05) is 15.0 Å². The number of Topliss-reactive ketones (excluding diaryl/α,β-unsaturated/α-hetero) is 1. The second-order valence-corrected chi connectivity index (χ2v) is 8.35. The molecule has 0 atom stereocenters. The lowest BCUT2D eigenvalue weighted by Crippen LogP contribution is -2.00. The van der Waals surface area contributed by atoms with Gasteiger partial charge < -0.3 is 9.47 Å². The van der Waals surface area contributed by atoms with Crippen molar-refractivity contribution in [2.45, 2.75) is 13.5 Å². The van der Waals surface area contributed by atoms with E-state index in [1.807, 2.05) is 61.5 Å².